The van der Waals surface area contributed by atoms with Crippen molar-refractivity contribution in [3.8, 4) is 0 Å². The van der Waals surface area contributed by atoms with Gasteiger partial charge >= 0.3 is 0 Å². The molecule has 0 fully saturated rings. The highest BCUT2D eigenvalue weighted by Crippen LogP contribution is 2.22. The van der Waals surface area contributed by atoms with Crippen molar-refractivity contribution in [2.45, 2.75) is 19.8 Å². The van der Waals surface area contributed by atoms with Crippen LogP contribution in [0, 0.1) is 6.92 Å². The number of anilines is 3. The van der Waals surface area contributed by atoms with Crippen molar-refractivity contribution in [1.82, 2.24) is 19.9 Å². The Bertz CT molecular complexity index is 1140. The van der Waals surface area contributed by atoms with Gasteiger partial charge in [0.05, 0.1) is 0 Å². The molecule has 0 aliphatic heterocycles. The Hall–Kier alpha value is -4.00. The zero-order valence-corrected chi connectivity index (χ0v) is 18.0. The van der Waals surface area contributed by atoms with Crippen molar-refractivity contribution < 1.29 is 0 Å². The molecule has 0 spiro atoms. The van der Waals surface area contributed by atoms with E-state index in [0.717, 1.165) is 35.7 Å². The van der Waals surface area contributed by atoms with Gasteiger partial charge in [0, 0.05) is 55.0 Å². The highest BCUT2D eigenvalue weighted by molar-refractivity contribution is 5.59. The van der Waals surface area contributed by atoms with Gasteiger partial charge in [-0.25, -0.2) is 9.97 Å². The topological polar surface area (TPSA) is 86.8 Å². The number of aromatic nitrogens is 4. The molecule has 7 nitrogen and oxygen atoms in total. The maximum absolute atomic E-state index is 12.4. The molecule has 1 aromatic carbocycles. The fourth-order valence-corrected chi connectivity index (χ4v) is 3.40. The molecule has 0 atom stereocenters. The molecule has 0 saturated heterocycles. The predicted octanol–water partition coefficient (Wildman–Crippen LogP) is 4.10. The second kappa shape index (κ2) is 10.3. The zero-order chi connectivity index (χ0) is 22.2. The number of nitrogens with one attached hydrogen (secondary N) is 2. The Morgan fingerprint density at radius 1 is 0.938 bits per heavy atom. The van der Waals surface area contributed by atoms with Gasteiger partial charge in [-0.05, 0) is 49.2 Å². The van der Waals surface area contributed by atoms with Crippen molar-refractivity contribution in [1.29, 1.82) is 0 Å². The third kappa shape index (κ3) is 5.57. The number of nitrogens with zero attached hydrogens (tertiary/aromatic N) is 4. The number of hydrogen-bond acceptors (Lipinski definition) is 6. The first-order valence-electron chi connectivity index (χ1n) is 10.7. The average Bonchev–Trinajstić information content (AvgIpc) is 2.83. The molecule has 0 aliphatic rings. The Labute approximate surface area is 187 Å². The summed E-state index contributed by atoms with van der Waals surface area (Å²) in [6.45, 7) is 3.38. The lowest BCUT2D eigenvalue weighted by Gasteiger charge is -2.24. The van der Waals surface area contributed by atoms with Gasteiger partial charge in [-0.15, -0.1) is 0 Å². The average molecular weight is 427 g/mol. The molecule has 32 heavy (non-hydrogen) atoms. The van der Waals surface area contributed by atoms with Crippen LogP contribution in [0.15, 0.2) is 84.0 Å². The number of rotatable bonds is 9. The SMILES string of the molecule is Cc1ccc(Cc2cnc(NCCCN(c3ccccc3)c3ccccn3)[nH]c2=O)cn1. The van der Waals surface area contributed by atoms with Gasteiger partial charge in [0.25, 0.3) is 5.56 Å². The molecule has 0 aliphatic carbocycles. The summed E-state index contributed by atoms with van der Waals surface area (Å²) in [5, 5.41) is 3.22. The highest BCUT2D eigenvalue weighted by atomic mass is 16.1. The minimum absolute atomic E-state index is 0.137. The van der Waals surface area contributed by atoms with Crippen LogP contribution in [-0.2, 0) is 6.42 Å². The Morgan fingerprint density at radius 3 is 2.50 bits per heavy atom. The second-order valence-corrected chi connectivity index (χ2v) is 7.53. The van der Waals surface area contributed by atoms with E-state index >= 15 is 0 Å². The van der Waals surface area contributed by atoms with Crippen LogP contribution >= 0.6 is 0 Å². The van der Waals surface area contributed by atoms with E-state index in [-0.39, 0.29) is 5.56 Å². The molecule has 4 aromatic rings. The van der Waals surface area contributed by atoms with Crippen molar-refractivity contribution in [3.63, 3.8) is 0 Å². The lowest BCUT2D eigenvalue weighted by Crippen LogP contribution is -2.22. The van der Waals surface area contributed by atoms with Crippen molar-refractivity contribution in [3.05, 3.63) is 106 Å². The fourth-order valence-electron chi connectivity index (χ4n) is 3.40. The van der Waals surface area contributed by atoms with Crippen LogP contribution in [0.4, 0.5) is 17.5 Å². The number of hydrogen-bond donors (Lipinski definition) is 2. The van der Waals surface area contributed by atoms with Gasteiger partial charge in [-0.1, -0.05) is 30.3 Å². The first-order chi connectivity index (χ1) is 15.7. The van der Waals surface area contributed by atoms with E-state index in [2.05, 4.69) is 42.3 Å². The van der Waals surface area contributed by atoms with E-state index in [1.807, 2.05) is 55.5 Å². The van der Waals surface area contributed by atoms with E-state index in [4.69, 9.17) is 0 Å². The van der Waals surface area contributed by atoms with E-state index in [1.165, 1.54) is 0 Å². The van der Waals surface area contributed by atoms with Crippen LogP contribution < -0.4 is 15.8 Å². The van der Waals surface area contributed by atoms with E-state index in [9.17, 15) is 4.79 Å². The van der Waals surface area contributed by atoms with Crippen LogP contribution in [0.25, 0.3) is 0 Å². The molecule has 0 amide bonds. The number of benzene rings is 1. The largest absolute Gasteiger partial charge is 0.356 e. The summed E-state index contributed by atoms with van der Waals surface area (Å²) in [6.07, 6.45) is 6.57. The monoisotopic (exact) mass is 426 g/mol. The number of para-hydroxylation sites is 1. The molecule has 0 unspecified atom stereocenters. The lowest BCUT2D eigenvalue weighted by atomic mass is 10.1. The summed E-state index contributed by atoms with van der Waals surface area (Å²) in [6, 6.07) is 20.0. The predicted molar refractivity (Wildman–Crippen MR) is 127 cm³/mol. The van der Waals surface area contributed by atoms with Crippen molar-refractivity contribution in [2.75, 3.05) is 23.3 Å². The quantitative estimate of drug-likeness (QED) is 0.392. The van der Waals surface area contributed by atoms with Gasteiger partial charge in [0.15, 0.2) is 0 Å². The first-order valence-corrected chi connectivity index (χ1v) is 10.7. The maximum atomic E-state index is 12.4. The highest BCUT2D eigenvalue weighted by Gasteiger charge is 2.10. The molecule has 3 aromatic heterocycles. The summed E-state index contributed by atoms with van der Waals surface area (Å²) >= 11 is 0. The number of aryl methyl sites for hydroxylation is 1. The van der Waals surface area contributed by atoms with E-state index < -0.39 is 0 Å². The third-order valence-electron chi connectivity index (χ3n) is 5.08. The molecule has 162 valence electrons. The first kappa shape index (κ1) is 21.2. The molecule has 3 heterocycles. The van der Waals surface area contributed by atoms with Crippen LogP contribution in [0.2, 0.25) is 0 Å². The normalized spacial score (nSPS) is 10.7. The van der Waals surface area contributed by atoms with E-state index in [0.29, 0.717) is 24.5 Å². The van der Waals surface area contributed by atoms with Crippen LogP contribution in [0.1, 0.15) is 23.2 Å². The molecule has 0 radical (unpaired) electrons. The van der Waals surface area contributed by atoms with Gasteiger partial charge in [0.1, 0.15) is 5.82 Å². The minimum Gasteiger partial charge on any atom is -0.356 e. The molecule has 0 bridgehead atoms. The number of aromatic amines is 1. The third-order valence-corrected chi connectivity index (χ3v) is 5.08. The Kier molecular flexibility index (Phi) is 6.87. The molecule has 7 heteroatoms. The van der Waals surface area contributed by atoms with E-state index in [1.54, 1.807) is 18.6 Å². The Morgan fingerprint density at radius 2 is 1.78 bits per heavy atom. The van der Waals surface area contributed by atoms with Crippen molar-refractivity contribution in [2.24, 2.45) is 0 Å². The fraction of sp³-hybridized carbons (Fsp3) is 0.200. The summed E-state index contributed by atoms with van der Waals surface area (Å²) in [7, 11) is 0. The van der Waals surface area contributed by atoms with Gasteiger partial charge in [-0.2, -0.15) is 0 Å². The molecule has 2 N–H and O–H groups in total. The van der Waals surface area contributed by atoms with Crippen molar-refractivity contribution >= 4 is 17.5 Å². The smallest absolute Gasteiger partial charge is 0.255 e. The van der Waals surface area contributed by atoms with Gasteiger partial charge < -0.3 is 10.2 Å². The van der Waals surface area contributed by atoms with Gasteiger partial charge in [0.2, 0.25) is 5.95 Å². The standard InChI is InChI=1S/C25H26N6O/c1-19-11-12-20(17-28-19)16-21-18-29-25(30-24(21)32)27-14-7-15-31(22-8-3-2-4-9-22)23-10-5-6-13-26-23/h2-6,8-13,17-18H,7,14-16H2,1H3,(H2,27,29,30,32). The van der Waals surface area contributed by atoms with Crippen LogP contribution in [0.5, 0.6) is 0 Å². The Balaban J connectivity index is 1.34. The molecular weight excluding hydrogens is 400 g/mol. The number of pyridine rings is 2. The summed E-state index contributed by atoms with van der Waals surface area (Å²) in [5.41, 5.74) is 3.51. The summed E-state index contributed by atoms with van der Waals surface area (Å²) in [4.78, 5) is 30.6. The van der Waals surface area contributed by atoms with Crippen LogP contribution in [-0.4, -0.2) is 33.0 Å². The molecule has 4 rings (SSSR count). The summed E-state index contributed by atoms with van der Waals surface area (Å²) < 4.78 is 0. The zero-order valence-electron chi connectivity index (χ0n) is 18.0. The maximum Gasteiger partial charge on any atom is 0.255 e. The molecule has 0 saturated carbocycles. The second-order valence-electron chi connectivity index (χ2n) is 7.53. The number of H-pyrrole nitrogens is 1. The minimum atomic E-state index is -0.137. The lowest BCUT2D eigenvalue weighted by molar-refractivity contribution is 0.824. The summed E-state index contributed by atoms with van der Waals surface area (Å²) in [5.74, 6) is 1.38. The molecular formula is C25H26N6O. The van der Waals surface area contributed by atoms with Crippen LogP contribution in [0.3, 0.4) is 0 Å². The van der Waals surface area contributed by atoms with Gasteiger partial charge in [-0.3, -0.25) is 14.8 Å².